The van der Waals surface area contributed by atoms with Gasteiger partial charge in [0.1, 0.15) is 6.10 Å². The van der Waals surface area contributed by atoms with Gasteiger partial charge in [-0.2, -0.15) is 5.26 Å². The molecule has 0 radical (unpaired) electrons. The van der Waals surface area contributed by atoms with Crippen molar-refractivity contribution in [3.05, 3.63) is 70.8 Å². The molecule has 0 amide bonds. The smallest absolute Gasteiger partial charge is 0.108 e. The Balaban J connectivity index is 2.08. The van der Waals surface area contributed by atoms with Crippen LogP contribution in [0, 0.1) is 11.3 Å². The van der Waals surface area contributed by atoms with Gasteiger partial charge in [-0.1, -0.05) is 36.4 Å². The zero-order valence-electron chi connectivity index (χ0n) is 12.1. The molecule has 3 nitrogen and oxygen atoms in total. The highest BCUT2D eigenvalue weighted by Gasteiger charge is 2.21. The van der Waals surface area contributed by atoms with E-state index in [9.17, 15) is 0 Å². The summed E-state index contributed by atoms with van der Waals surface area (Å²) in [6.07, 6.45) is -0.0531. The molecule has 0 spiro atoms. The van der Waals surface area contributed by atoms with E-state index < -0.39 is 0 Å². The van der Waals surface area contributed by atoms with Crippen molar-refractivity contribution in [2.75, 3.05) is 20.2 Å². The number of hydrogen-bond donors (Lipinski definition) is 0. The van der Waals surface area contributed by atoms with Crippen molar-refractivity contribution < 1.29 is 4.74 Å². The maximum Gasteiger partial charge on any atom is 0.108 e. The van der Waals surface area contributed by atoms with Crippen molar-refractivity contribution in [3.8, 4) is 6.07 Å². The van der Waals surface area contributed by atoms with Crippen LogP contribution in [0.15, 0.2) is 48.5 Å². The zero-order valence-corrected chi connectivity index (χ0v) is 12.1. The van der Waals surface area contributed by atoms with E-state index in [-0.39, 0.29) is 6.10 Å². The van der Waals surface area contributed by atoms with Crippen LogP contribution >= 0.6 is 0 Å². The Kier molecular flexibility index (Phi) is 4.01. The molecule has 3 heteroatoms. The van der Waals surface area contributed by atoms with E-state index in [1.807, 2.05) is 36.4 Å². The fourth-order valence-corrected chi connectivity index (χ4v) is 2.76. The summed E-state index contributed by atoms with van der Waals surface area (Å²) < 4.78 is 6.11. The summed E-state index contributed by atoms with van der Waals surface area (Å²) in [5.74, 6) is 0. The summed E-state index contributed by atoms with van der Waals surface area (Å²) in [6, 6.07) is 18.4. The van der Waals surface area contributed by atoms with Crippen LogP contribution in [0.3, 0.4) is 0 Å². The molecule has 0 saturated heterocycles. The summed E-state index contributed by atoms with van der Waals surface area (Å²) in [5.41, 5.74) is 4.19. The standard InChI is InChI=1S/C18H18N2O/c1-20-9-10-21-18(15-5-3-2-4-6-15)17-8-7-14(12-19)11-16(17)13-20/h2-8,11,18H,9-10,13H2,1H3. The van der Waals surface area contributed by atoms with E-state index in [0.29, 0.717) is 12.2 Å². The van der Waals surface area contributed by atoms with Crippen LogP contribution in [0.4, 0.5) is 0 Å². The van der Waals surface area contributed by atoms with Gasteiger partial charge in [0, 0.05) is 13.1 Å². The number of ether oxygens (including phenoxy) is 1. The van der Waals surface area contributed by atoms with Crippen LogP contribution in [-0.4, -0.2) is 25.1 Å². The van der Waals surface area contributed by atoms with E-state index in [4.69, 9.17) is 10.00 Å². The van der Waals surface area contributed by atoms with Gasteiger partial charge in [0.2, 0.25) is 0 Å². The van der Waals surface area contributed by atoms with Crippen molar-refractivity contribution in [1.82, 2.24) is 4.90 Å². The Labute approximate surface area is 125 Å². The molecule has 1 unspecified atom stereocenters. The third-order valence-corrected chi connectivity index (χ3v) is 3.85. The molecular formula is C18H18N2O. The summed E-state index contributed by atoms with van der Waals surface area (Å²) >= 11 is 0. The Morgan fingerprint density at radius 3 is 2.76 bits per heavy atom. The maximum atomic E-state index is 9.12. The van der Waals surface area contributed by atoms with E-state index in [1.165, 1.54) is 5.56 Å². The van der Waals surface area contributed by atoms with Crippen molar-refractivity contribution in [3.63, 3.8) is 0 Å². The topological polar surface area (TPSA) is 36.3 Å². The maximum absolute atomic E-state index is 9.12. The second-order valence-corrected chi connectivity index (χ2v) is 5.42. The highest BCUT2D eigenvalue weighted by molar-refractivity contribution is 5.42. The van der Waals surface area contributed by atoms with Gasteiger partial charge < -0.3 is 4.74 Å². The fraction of sp³-hybridized carbons (Fsp3) is 0.278. The summed E-state index contributed by atoms with van der Waals surface area (Å²) in [5, 5.41) is 9.12. The van der Waals surface area contributed by atoms with Gasteiger partial charge in [0.15, 0.2) is 0 Å². The molecule has 0 fully saturated rings. The third kappa shape index (κ3) is 2.97. The van der Waals surface area contributed by atoms with E-state index >= 15 is 0 Å². The third-order valence-electron chi connectivity index (χ3n) is 3.85. The highest BCUT2D eigenvalue weighted by Crippen LogP contribution is 2.31. The minimum absolute atomic E-state index is 0.0531. The molecule has 2 aromatic rings. The number of nitriles is 1. The Hall–Kier alpha value is -2.15. The monoisotopic (exact) mass is 278 g/mol. The first-order chi connectivity index (χ1) is 10.3. The van der Waals surface area contributed by atoms with Crippen LogP contribution in [0.1, 0.15) is 28.4 Å². The minimum atomic E-state index is -0.0531. The lowest BCUT2D eigenvalue weighted by molar-refractivity contribution is 0.0554. The number of hydrogen-bond acceptors (Lipinski definition) is 3. The first kappa shape index (κ1) is 13.8. The highest BCUT2D eigenvalue weighted by atomic mass is 16.5. The van der Waals surface area contributed by atoms with Crippen LogP contribution in [0.2, 0.25) is 0 Å². The van der Waals surface area contributed by atoms with Crippen LogP contribution in [-0.2, 0) is 11.3 Å². The number of rotatable bonds is 1. The van der Waals surface area contributed by atoms with Crippen molar-refractivity contribution in [2.45, 2.75) is 12.6 Å². The molecule has 1 aliphatic rings. The van der Waals surface area contributed by atoms with Crippen LogP contribution in [0.5, 0.6) is 0 Å². The van der Waals surface area contributed by atoms with Gasteiger partial charge in [-0.05, 0) is 35.9 Å². The first-order valence-electron chi connectivity index (χ1n) is 7.16. The van der Waals surface area contributed by atoms with Crippen LogP contribution in [0.25, 0.3) is 0 Å². The van der Waals surface area contributed by atoms with Gasteiger partial charge >= 0.3 is 0 Å². The fourth-order valence-electron chi connectivity index (χ4n) is 2.76. The Morgan fingerprint density at radius 2 is 2.00 bits per heavy atom. The lowest BCUT2D eigenvalue weighted by atomic mass is 9.94. The molecule has 3 rings (SSSR count). The van der Waals surface area contributed by atoms with Gasteiger partial charge in [-0.3, -0.25) is 4.90 Å². The minimum Gasteiger partial charge on any atom is -0.367 e. The zero-order chi connectivity index (χ0) is 14.7. The second-order valence-electron chi connectivity index (χ2n) is 5.42. The number of likely N-dealkylation sites (N-methyl/N-ethyl adjacent to an activating group) is 1. The molecule has 2 aromatic carbocycles. The predicted molar refractivity (Wildman–Crippen MR) is 81.7 cm³/mol. The summed E-state index contributed by atoms with van der Waals surface area (Å²) in [6.45, 7) is 2.44. The molecule has 106 valence electrons. The Bertz CT molecular complexity index is 661. The SMILES string of the molecule is CN1CCOC(c2ccccc2)c2ccc(C#N)cc2C1. The van der Waals surface area contributed by atoms with Gasteiger partial charge in [-0.25, -0.2) is 0 Å². The van der Waals surface area contributed by atoms with Crippen molar-refractivity contribution in [2.24, 2.45) is 0 Å². The second kappa shape index (κ2) is 6.09. The van der Waals surface area contributed by atoms with E-state index in [1.54, 1.807) is 0 Å². The Morgan fingerprint density at radius 1 is 1.19 bits per heavy atom. The van der Waals surface area contributed by atoms with Crippen LogP contribution < -0.4 is 0 Å². The quantitative estimate of drug-likeness (QED) is 0.804. The largest absolute Gasteiger partial charge is 0.367 e. The van der Waals surface area contributed by atoms with E-state index in [2.05, 4.69) is 30.1 Å². The molecular weight excluding hydrogens is 260 g/mol. The summed E-state index contributed by atoms with van der Waals surface area (Å²) in [4.78, 5) is 2.22. The number of fused-ring (bicyclic) bond motifs is 1. The average molecular weight is 278 g/mol. The normalized spacial score (nSPS) is 19.1. The van der Waals surface area contributed by atoms with Gasteiger partial charge in [-0.15, -0.1) is 0 Å². The number of nitrogens with zero attached hydrogens (tertiary/aromatic N) is 2. The van der Waals surface area contributed by atoms with Gasteiger partial charge in [0.05, 0.1) is 18.2 Å². The van der Waals surface area contributed by atoms with E-state index in [0.717, 1.165) is 24.2 Å². The predicted octanol–water partition coefficient (Wildman–Crippen LogP) is 3.11. The molecule has 0 aromatic heterocycles. The molecule has 1 aliphatic heterocycles. The molecule has 0 saturated carbocycles. The molecule has 21 heavy (non-hydrogen) atoms. The number of benzene rings is 2. The van der Waals surface area contributed by atoms with Gasteiger partial charge in [0.25, 0.3) is 0 Å². The average Bonchev–Trinajstić information content (AvgIpc) is 2.51. The molecule has 0 bridgehead atoms. The molecule has 1 heterocycles. The molecule has 0 aliphatic carbocycles. The lowest BCUT2D eigenvalue weighted by Crippen LogP contribution is -2.27. The first-order valence-corrected chi connectivity index (χ1v) is 7.16. The summed E-state index contributed by atoms with van der Waals surface area (Å²) in [7, 11) is 2.08. The molecule has 1 atom stereocenters. The van der Waals surface area contributed by atoms with Crippen molar-refractivity contribution in [1.29, 1.82) is 5.26 Å². The van der Waals surface area contributed by atoms with Crippen molar-refractivity contribution >= 4 is 0 Å². The lowest BCUT2D eigenvalue weighted by Gasteiger charge is -2.28. The molecule has 0 N–H and O–H groups in total.